The van der Waals surface area contributed by atoms with Crippen molar-refractivity contribution in [3.05, 3.63) is 48.4 Å². The van der Waals surface area contributed by atoms with Crippen LogP contribution < -0.4 is 0 Å². The molecule has 0 bridgehead atoms. The topological polar surface area (TPSA) is 85.0 Å². The third-order valence-corrected chi connectivity index (χ3v) is 4.22. The number of carbonyl (C=O) groups excluding carboxylic acids is 1. The molecule has 0 radical (unpaired) electrons. The predicted octanol–water partition coefficient (Wildman–Crippen LogP) is 2.82. The van der Waals surface area contributed by atoms with E-state index >= 15 is 0 Å². The van der Waals surface area contributed by atoms with Crippen LogP contribution in [0.4, 0.5) is 0 Å². The minimum Gasteiger partial charge on any atom is -0.339 e. The molecule has 0 N–H and O–H groups in total. The van der Waals surface area contributed by atoms with E-state index in [0.29, 0.717) is 23.0 Å². The molecule has 25 heavy (non-hydrogen) atoms. The van der Waals surface area contributed by atoms with Crippen molar-refractivity contribution in [1.82, 2.24) is 25.0 Å². The minimum absolute atomic E-state index is 0.0548. The van der Waals surface area contributed by atoms with Gasteiger partial charge in [-0.15, -0.1) is 0 Å². The zero-order valence-corrected chi connectivity index (χ0v) is 13.6. The van der Waals surface area contributed by atoms with Crippen LogP contribution in [-0.2, 0) is 0 Å². The Labute approximate surface area is 144 Å². The lowest BCUT2D eigenvalue weighted by Gasteiger charge is -2.26. The van der Waals surface area contributed by atoms with Gasteiger partial charge in [-0.3, -0.25) is 9.78 Å². The Balaban J connectivity index is 1.59. The number of piperidine rings is 1. The Bertz CT molecular complexity index is 872. The molecular formula is C18H17N5O2. The molecule has 0 aliphatic carbocycles. The van der Waals surface area contributed by atoms with Gasteiger partial charge in [-0.2, -0.15) is 4.98 Å². The maximum Gasteiger partial charge on any atom is 0.278 e. The minimum atomic E-state index is 0.0548. The van der Waals surface area contributed by atoms with E-state index in [2.05, 4.69) is 20.1 Å². The number of amides is 1. The molecule has 0 atom stereocenters. The van der Waals surface area contributed by atoms with Crippen molar-refractivity contribution in [3.8, 4) is 23.0 Å². The summed E-state index contributed by atoms with van der Waals surface area (Å²) < 4.78 is 5.26. The van der Waals surface area contributed by atoms with E-state index in [-0.39, 0.29) is 5.91 Å². The average Bonchev–Trinajstić information content (AvgIpc) is 3.19. The van der Waals surface area contributed by atoms with E-state index in [0.717, 1.165) is 31.5 Å². The van der Waals surface area contributed by atoms with Gasteiger partial charge in [-0.05, 0) is 31.4 Å². The summed E-state index contributed by atoms with van der Waals surface area (Å²) in [5, 5.41) is 4.00. The second-order valence-corrected chi connectivity index (χ2v) is 5.95. The molecule has 7 nitrogen and oxygen atoms in total. The van der Waals surface area contributed by atoms with Gasteiger partial charge in [0.2, 0.25) is 5.82 Å². The molecule has 3 aromatic rings. The van der Waals surface area contributed by atoms with Crippen LogP contribution in [0, 0.1) is 0 Å². The van der Waals surface area contributed by atoms with Gasteiger partial charge in [0.1, 0.15) is 5.69 Å². The largest absolute Gasteiger partial charge is 0.339 e. The first-order chi connectivity index (χ1) is 12.3. The van der Waals surface area contributed by atoms with Crippen LogP contribution in [0.3, 0.4) is 0 Å². The molecule has 1 aliphatic heterocycles. The lowest BCUT2D eigenvalue weighted by Crippen LogP contribution is -2.35. The van der Waals surface area contributed by atoms with Crippen LogP contribution in [0.15, 0.2) is 47.4 Å². The second kappa shape index (κ2) is 6.80. The lowest BCUT2D eigenvalue weighted by molar-refractivity contribution is 0.0724. The number of rotatable bonds is 3. The molecule has 0 unspecified atom stereocenters. The first-order valence-electron chi connectivity index (χ1n) is 8.31. The maximum absolute atomic E-state index is 12.7. The number of likely N-dealkylation sites (tertiary alicyclic amines) is 1. The van der Waals surface area contributed by atoms with Crippen LogP contribution in [0.25, 0.3) is 23.0 Å². The Hall–Kier alpha value is -3.09. The van der Waals surface area contributed by atoms with E-state index in [9.17, 15) is 4.79 Å². The number of carbonyl (C=O) groups is 1. The van der Waals surface area contributed by atoms with Gasteiger partial charge >= 0.3 is 0 Å². The molecule has 1 saturated heterocycles. The van der Waals surface area contributed by atoms with E-state index in [1.807, 2.05) is 29.2 Å². The Morgan fingerprint density at radius 2 is 2.00 bits per heavy atom. The first-order valence-corrected chi connectivity index (χ1v) is 8.31. The van der Waals surface area contributed by atoms with E-state index in [1.54, 1.807) is 18.6 Å². The highest BCUT2D eigenvalue weighted by atomic mass is 16.5. The number of benzene rings is 1. The molecule has 4 rings (SSSR count). The van der Waals surface area contributed by atoms with Crippen molar-refractivity contribution in [2.45, 2.75) is 19.3 Å². The lowest BCUT2D eigenvalue weighted by atomic mass is 10.1. The number of hydrogen-bond acceptors (Lipinski definition) is 6. The number of aromatic nitrogens is 4. The molecular weight excluding hydrogens is 318 g/mol. The molecule has 7 heteroatoms. The van der Waals surface area contributed by atoms with Crippen molar-refractivity contribution in [2.75, 3.05) is 13.1 Å². The van der Waals surface area contributed by atoms with E-state index < -0.39 is 0 Å². The number of nitrogens with zero attached hydrogens (tertiary/aromatic N) is 5. The summed E-state index contributed by atoms with van der Waals surface area (Å²) in [6.07, 6.45) is 8.04. The average molecular weight is 335 g/mol. The number of hydrogen-bond donors (Lipinski definition) is 0. The van der Waals surface area contributed by atoms with Crippen LogP contribution in [0.5, 0.6) is 0 Å². The fraction of sp³-hybridized carbons (Fsp3) is 0.278. The smallest absolute Gasteiger partial charge is 0.278 e. The Morgan fingerprint density at radius 1 is 1.12 bits per heavy atom. The van der Waals surface area contributed by atoms with E-state index in [1.165, 1.54) is 6.42 Å². The van der Waals surface area contributed by atoms with Crippen LogP contribution in [0.1, 0.15) is 29.6 Å². The summed E-state index contributed by atoms with van der Waals surface area (Å²) in [5.41, 5.74) is 1.90. The molecule has 1 amide bonds. The standard InChI is InChI=1S/C18H17N5O2/c24-18(23-9-2-1-3-10-23)14-6-4-5-13(11-14)16-21-17(25-22-16)15-12-19-7-8-20-15/h4-8,11-12H,1-3,9-10H2. The molecule has 1 aromatic carbocycles. The van der Waals surface area contributed by atoms with Gasteiger partial charge in [0, 0.05) is 36.6 Å². The quantitative estimate of drug-likeness (QED) is 0.732. The molecule has 2 aromatic heterocycles. The Kier molecular flexibility index (Phi) is 4.20. The first kappa shape index (κ1) is 15.4. The summed E-state index contributed by atoms with van der Waals surface area (Å²) in [6.45, 7) is 1.64. The summed E-state index contributed by atoms with van der Waals surface area (Å²) >= 11 is 0. The third kappa shape index (κ3) is 3.26. The summed E-state index contributed by atoms with van der Waals surface area (Å²) in [5.74, 6) is 0.781. The fourth-order valence-electron chi connectivity index (χ4n) is 2.93. The molecule has 0 spiro atoms. The van der Waals surface area contributed by atoms with Crippen LogP contribution in [-0.4, -0.2) is 44.0 Å². The van der Waals surface area contributed by atoms with Crippen molar-refractivity contribution in [1.29, 1.82) is 0 Å². The zero-order valence-electron chi connectivity index (χ0n) is 13.6. The van der Waals surface area contributed by atoms with Crippen molar-refractivity contribution in [3.63, 3.8) is 0 Å². The van der Waals surface area contributed by atoms with Gasteiger partial charge in [0.15, 0.2) is 0 Å². The summed E-state index contributed by atoms with van der Waals surface area (Å²) in [4.78, 5) is 27.1. The van der Waals surface area contributed by atoms with Crippen LogP contribution >= 0.6 is 0 Å². The highest BCUT2D eigenvalue weighted by molar-refractivity contribution is 5.95. The fourth-order valence-corrected chi connectivity index (χ4v) is 2.93. The van der Waals surface area contributed by atoms with Crippen molar-refractivity contribution < 1.29 is 9.32 Å². The van der Waals surface area contributed by atoms with Crippen LogP contribution in [0.2, 0.25) is 0 Å². The van der Waals surface area contributed by atoms with E-state index in [4.69, 9.17) is 4.52 Å². The highest BCUT2D eigenvalue weighted by Gasteiger charge is 2.19. The monoisotopic (exact) mass is 335 g/mol. The molecule has 126 valence electrons. The van der Waals surface area contributed by atoms with Gasteiger partial charge < -0.3 is 9.42 Å². The van der Waals surface area contributed by atoms with Gasteiger partial charge in [0.25, 0.3) is 11.8 Å². The van der Waals surface area contributed by atoms with Crippen molar-refractivity contribution in [2.24, 2.45) is 0 Å². The highest BCUT2D eigenvalue weighted by Crippen LogP contribution is 2.22. The molecule has 3 heterocycles. The van der Waals surface area contributed by atoms with Gasteiger partial charge in [0.05, 0.1) is 6.20 Å². The molecule has 1 fully saturated rings. The molecule has 1 aliphatic rings. The zero-order chi connectivity index (χ0) is 17.1. The normalized spacial score (nSPS) is 14.5. The summed E-state index contributed by atoms with van der Waals surface area (Å²) in [6, 6.07) is 7.33. The van der Waals surface area contributed by atoms with Gasteiger partial charge in [-0.25, -0.2) is 4.98 Å². The SMILES string of the molecule is O=C(c1cccc(-c2noc(-c3cnccn3)n2)c1)N1CCCCC1. The second-order valence-electron chi connectivity index (χ2n) is 5.95. The van der Waals surface area contributed by atoms with Crippen molar-refractivity contribution >= 4 is 5.91 Å². The predicted molar refractivity (Wildman–Crippen MR) is 90.5 cm³/mol. The Morgan fingerprint density at radius 3 is 2.80 bits per heavy atom. The maximum atomic E-state index is 12.7. The molecule has 0 saturated carbocycles. The third-order valence-electron chi connectivity index (χ3n) is 4.22. The summed E-state index contributed by atoms with van der Waals surface area (Å²) in [7, 11) is 0. The van der Waals surface area contributed by atoms with Gasteiger partial charge in [-0.1, -0.05) is 17.3 Å².